The predicted octanol–water partition coefficient (Wildman–Crippen LogP) is 7.54. The van der Waals surface area contributed by atoms with E-state index in [1.54, 1.807) is 0 Å². The summed E-state index contributed by atoms with van der Waals surface area (Å²) in [4.78, 5) is 22.9. The van der Waals surface area contributed by atoms with E-state index in [0.717, 1.165) is 22.5 Å². The van der Waals surface area contributed by atoms with Crippen LogP contribution >= 0.6 is 95.6 Å². The molecule has 0 aliphatic rings. The minimum absolute atomic E-state index is 0.207. The van der Waals surface area contributed by atoms with Crippen molar-refractivity contribution in [2.75, 3.05) is 10.6 Å². The van der Waals surface area contributed by atoms with E-state index in [4.69, 9.17) is 0 Å². The van der Waals surface area contributed by atoms with Crippen LogP contribution in [0.1, 0.15) is 11.1 Å². The van der Waals surface area contributed by atoms with Crippen LogP contribution in [-0.4, -0.2) is 16.1 Å². The second-order valence-electron chi connectivity index (χ2n) is 5.64. The van der Waals surface area contributed by atoms with Gasteiger partial charge in [-0.15, -0.1) is 0 Å². The summed E-state index contributed by atoms with van der Waals surface area (Å²) in [5.74, 6) is -0.414. The van der Waals surface area contributed by atoms with Crippen LogP contribution < -0.4 is 10.6 Å². The van der Waals surface area contributed by atoms with Crippen LogP contribution in [0.25, 0.3) is 0 Å². The fraction of sp³-hybridized carbons (Fsp3) is 0.222. The molecule has 0 spiro atoms. The molecule has 2 aromatic carbocycles. The molecule has 0 heterocycles. The molecule has 0 saturated carbocycles. The number of aryl methyl sites for hydroxylation is 2. The van der Waals surface area contributed by atoms with Crippen LogP contribution in [0.3, 0.4) is 0 Å². The van der Waals surface area contributed by atoms with Gasteiger partial charge in [0.15, 0.2) is 0 Å². The Morgan fingerprint density at radius 3 is 1.07 bits per heavy atom. The quantitative estimate of drug-likeness (QED) is 0.310. The first-order valence-electron chi connectivity index (χ1n) is 7.68. The Morgan fingerprint density at radius 2 is 0.857 bits per heavy atom. The summed E-state index contributed by atoms with van der Waals surface area (Å²) in [6, 6.07) is 15.2. The van der Waals surface area contributed by atoms with Crippen molar-refractivity contribution in [3.63, 3.8) is 0 Å². The highest BCUT2D eigenvalue weighted by molar-refractivity contribution is 9.40. The van der Waals surface area contributed by atoms with Crippen molar-refractivity contribution in [2.24, 2.45) is 0 Å². The number of hydrogen-bond donors (Lipinski definition) is 2. The molecule has 0 saturated heterocycles. The number of carbonyl (C=O) groups excluding carboxylic acids is 2. The fourth-order valence-corrected chi connectivity index (χ4v) is 2.27. The van der Waals surface area contributed by atoms with Crippen molar-refractivity contribution in [3.05, 3.63) is 59.7 Å². The lowest BCUT2D eigenvalue weighted by atomic mass is 10.2. The van der Waals surface area contributed by atoms with E-state index >= 15 is 0 Å². The summed E-state index contributed by atoms with van der Waals surface area (Å²) in [5.41, 5.74) is 3.85. The Morgan fingerprint density at radius 1 is 0.607 bits per heavy atom. The summed E-state index contributed by atoms with van der Waals surface area (Å²) in [6.07, 6.45) is 0. The molecule has 2 rings (SSSR count). The number of nitrogens with one attached hydrogen (secondary N) is 2. The molecule has 10 heteroatoms. The molecule has 2 amide bonds. The third kappa shape index (κ3) is 10.3. The maximum atomic E-state index is 11.5. The molecule has 28 heavy (non-hydrogen) atoms. The molecule has 2 N–H and O–H groups in total. The lowest BCUT2D eigenvalue weighted by Gasteiger charge is -2.12. The number of carbonyl (C=O) groups is 2. The number of alkyl halides is 6. The molecular formula is C18H16Br6N2O2. The minimum atomic E-state index is -0.905. The maximum Gasteiger partial charge on any atom is 0.263 e. The first-order chi connectivity index (χ1) is 12.8. The zero-order valence-electron chi connectivity index (χ0n) is 14.7. The lowest BCUT2D eigenvalue weighted by molar-refractivity contribution is -0.115. The van der Waals surface area contributed by atoms with Gasteiger partial charge in [-0.25, -0.2) is 0 Å². The van der Waals surface area contributed by atoms with Crippen LogP contribution in [0.2, 0.25) is 0 Å². The second-order valence-corrected chi connectivity index (χ2v) is 19.2. The average Bonchev–Trinajstić information content (AvgIpc) is 2.58. The van der Waals surface area contributed by atoms with Gasteiger partial charge in [0.05, 0.1) is 0 Å². The molecule has 152 valence electrons. The van der Waals surface area contributed by atoms with E-state index in [1.165, 1.54) is 0 Å². The van der Waals surface area contributed by atoms with E-state index in [1.807, 2.05) is 62.4 Å². The first kappa shape index (κ1) is 26.3. The molecular weight excluding hydrogens is 756 g/mol. The molecule has 4 nitrogen and oxygen atoms in total. The molecule has 0 aliphatic carbocycles. The highest BCUT2D eigenvalue weighted by Crippen LogP contribution is 2.35. The minimum Gasteiger partial charge on any atom is -0.323 e. The number of halogens is 6. The summed E-state index contributed by atoms with van der Waals surface area (Å²) in [5, 5.41) is 5.46. The Bertz CT molecular complexity index is 727. The molecule has 0 atom stereocenters. The standard InChI is InChI=1S/2C9H8Br3NO/c2*1-6-2-4-7(5-3-6)13-8(14)9(10,11)12/h2*2-5H,1H3,(H,13,14). The smallest absolute Gasteiger partial charge is 0.263 e. The third-order valence-corrected chi connectivity index (χ3v) is 5.29. The summed E-state index contributed by atoms with van der Waals surface area (Å²) in [7, 11) is 0. The Kier molecular flexibility index (Phi) is 10.9. The molecule has 0 radical (unpaired) electrons. The summed E-state index contributed by atoms with van der Waals surface area (Å²) < 4.78 is -1.81. The van der Waals surface area contributed by atoms with Gasteiger partial charge in [0.25, 0.3) is 11.8 Å². The van der Waals surface area contributed by atoms with Gasteiger partial charge in [0, 0.05) is 11.4 Å². The highest BCUT2D eigenvalue weighted by atomic mass is 80.0. The van der Waals surface area contributed by atoms with Gasteiger partial charge in [0.2, 0.25) is 4.29 Å². The van der Waals surface area contributed by atoms with Crippen molar-refractivity contribution in [2.45, 2.75) is 18.1 Å². The first-order valence-corrected chi connectivity index (χ1v) is 12.4. The number of anilines is 2. The van der Waals surface area contributed by atoms with Gasteiger partial charge in [0.1, 0.15) is 0 Å². The Hall–Kier alpha value is 0.260. The van der Waals surface area contributed by atoms with Crippen LogP contribution in [0.15, 0.2) is 48.5 Å². The molecule has 0 bridgehead atoms. The number of hydrogen-bond acceptors (Lipinski definition) is 2. The van der Waals surface area contributed by atoms with E-state index in [0.29, 0.717) is 0 Å². The molecule has 0 aliphatic heterocycles. The van der Waals surface area contributed by atoms with Gasteiger partial charge in [-0.05, 0) is 134 Å². The number of benzene rings is 2. The fourth-order valence-electron chi connectivity index (χ4n) is 1.68. The molecule has 2 aromatic rings. The van der Waals surface area contributed by atoms with Gasteiger partial charge in [-0.2, -0.15) is 0 Å². The maximum absolute atomic E-state index is 11.5. The summed E-state index contributed by atoms with van der Waals surface area (Å²) in [6.45, 7) is 3.99. The van der Waals surface area contributed by atoms with E-state index in [9.17, 15) is 9.59 Å². The lowest BCUT2D eigenvalue weighted by Crippen LogP contribution is -2.25. The van der Waals surface area contributed by atoms with Gasteiger partial charge < -0.3 is 10.6 Å². The van der Waals surface area contributed by atoms with Crippen molar-refractivity contribution in [1.29, 1.82) is 0 Å². The van der Waals surface area contributed by atoms with E-state index in [-0.39, 0.29) is 11.8 Å². The number of amides is 2. The monoisotopic (exact) mass is 766 g/mol. The van der Waals surface area contributed by atoms with Crippen LogP contribution in [0, 0.1) is 13.8 Å². The average molecular weight is 772 g/mol. The Labute approximate surface area is 214 Å². The molecule has 0 aromatic heterocycles. The molecule has 0 fully saturated rings. The van der Waals surface area contributed by atoms with Crippen molar-refractivity contribution in [3.8, 4) is 0 Å². The topological polar surface area (TPSA) is 58.2 Å². The zero-order chi connectivity index (χ0) is 21.5. The largest absolute Gasteiger partial charge is 0.323 e. The normalized spacial score (nSPS) is 11.1. The van der Waals surface area contributed by atoms with E-state index in [2.05, 4.69) is 106 Å². The van der Waals surface area contributed by atoms with Crippen molar-refractivity contribution >= 4 is 119 Å². The van der Waals surface area contributed by atoms with Gasteiger partial charge in [-0.3, -0.25) is 9.59 Å². The van der Waals surface area contributed by atoms with Gasteiger partial charge >= 0.3 is 0 Å². The predicted molar refractivity (Wildman–Crippen MR) is 139 cm³/mol. The van der Waals surface area contributed by atoms with Crippen LogP contribution in [0.5, 0.6) is 0 Å². The Balaban J connectivity index is 0.000000280. The van der Waals surface area contributed by atoms with E-state index < -0.39 is 4.29 Å². The van der Waals surface area contributed by atoms with Crippen molar-refractivity contribution in [1.82, 2.24) is 0 Å². The summed E-state index contributed by atoms with van der Waals surface area (Å²) >= 11 is 18.8. The van der Waals surface area contributed by atoms with Crippen molar-refractivity contribution < 1.29 is 9.59 Å². The SMILES string of the molecule is Cc1ccc(NC(=O)C(Br)(Br)Br)cc1.Cc1ccc(NC(=O)C(Br)(Br)Br)cc1. The highest BCUT2D eigenvalue weighted by Gasteiger charge is 2.29. The third-order valence-electron chi connectivity index (χ3n) is 3.13. The zero-order valence-corrected chi connectivity index (χ0v) is 24.2. The number of rotatable bonds is 2. The van der Waals surface area contributed by atoms with Crippen LogP contribution in [-0.2, 0) is 9.59 Å². The van der Waals surface area contributed by atoms with Gasteiger partial charge in [-0.1, -0.05) is 35.4 Å². The van der Waals surface area contributed by atoms with Crippen LogP contribution in [0.4, 0.5) is 11.4 Å². The second kappa shape index (κ2) is 11.6. The molecule has 0 unspecified atom stereocenters.